The summed E-state index contributed by atoms with van der Waals surface area (Å²) >= 11 is 2.85. The molecule has 104 valence electrons. The third kappa shape index (κ3) is 3.01. The number of benzene rings is 1. The molecular weight excluding hydrogens is 300 g/mol. The zero-order chi connectivity index (χ0) is 14.7. The molecule has 3 aromatic rings. The molecule has 21 heavy (non-hydrogen) atoms. The van der Waals surface area contributed by atoms with Gasteiger partial charge >= 0.3 is 0 Å². The van der Waals surface area contributed by atoms with Crippen LogP contribution in [0.2, 0.25) is 0 Å². The predicted octanol–water partition coefficient (Wildman–Crippen LogP) is 4.47. The molecule has 0 spiro atoms. The molecule has 0 saturated heterocycles. The van der Waals surface area contributed by atoms with Crippen LogP contribution in [0.1, 0.15) is 30.5 Å². The van der Waals surface area contributed by atoms with Crippen molar-refractivity contribution < 1.29 is 9.59 Å². The lowest BCUT2D eigenvalue weighted by Gasteiger charge is -2.06. The Kier molecular flexibility index (Phi) is 4.08. The molecule has 0 aliphatic rings. The lowest BCUT2D eigenvalue weighted by Crippen LogP contribution is -2.08. The average molecular weight is 312 g/mol. The number of Topliss-reactive ketones (excluding diaryl/α,β-unsaturated/α-hetero) is 1. The molecule has 2 heterocycles. The number of hydrogen-bond donors (Lipinski definition) is 0. The summed E-state index contributed by atoms with van der Waals surface area (Å²) in [5.74, 6) is 0.0380. The van der Waals surface area contributed by atoms with E-state index in [0.717, 1.165) is 10.4 Å². The third-order valence-electron chi connectivity index (χ3n) is 3.15. The normalized spacial score (nSPS) is 10.5. The van der Waals surface area contributed by atoms with Crippen molar-refractivity contribution in [2.45, 2.75) is 6.42 Å². The maximum absolute atomic E-state index is 12.5. The van der Waals surface area contributed by atoms with E-state index in [1.54, 1.807) is 6.07 Å². The molecule has 0 aliphatic carbocycles. The molecule has 0 saturated carbocycles. The highest BCUT2D eigenvalue weighted by molar-refractivity contribution is 7.12. The van der Waals surface area contributed by atoms with Crippen molar-refractivity contribution in [3.05, 3.63) is 80.2 Å². The molecule has 0 atom stereocenters. The zero-order valence-corrected chi connectivity index (χ0v) is 12.7. The molecule has 3 rings (SSSR count). The molecule has 0 aliphatic heterocycles. The summed E-state index contributed by atoms with van der Waals surface area (Å²) in [7, 11) is 0. The van der Waals surface area contributed by atoms with Gasteiger partial charge in [-0.15, -0.1) is 22.7 Å². The van der Waals surface area contributed by atoms with Crippen molar-refractivity contribution in [2.75, 3.05) is 0 Å². The molecule has 2 nitrogen and oxygen atoms in total. The van der Waals surface area contributed by atoms with E-state index in [1.165, 1.54) is 22.7 Å². The Hall–Kier alpha value is -2.04. The monoisotopic (exact) mass is 312 g/mol. The molecule has 0 bridgehead atoms. The molecular formula is C17H12O2S2. The van der Waals surface area contributed by atoms with Crippen LogP contribution in [0.3, 0.4) is 0 Å². The van der Waals surface area contributed by atoms with Gasteiger partial charge in [0, 0.05) is 12.0 Å². The summed E-state index contributed by atoms with van der Waals surface area (Å²) in [6, 6.07) is 14.7. The Morgan fingerprint density at radius 2 is 1.48 bits per heavy atom. The second-order valence-electron chi connectivity index (χ2n) is 4.54. The van der Waals surface area contributed by atoms with E-state index in [9.17, 15) is 9.59 Å². The molecule has 1 aromatic carbocycles. The Labute approximate surface area is 130 Å². The SMILES string of the molecule is O=C(Cc1ccccc1C(=O)c1cccs1)c1cccs1. The minimum atomic E-state index is -0.0143. The van der Waals surface area contributed by atoms with Crippen LogP contribution < -0.4 is 0 Å². The molecule has 4 heteroatoms. The van der Waals surface area contributed by atoms with Crippen LogP contribution >= 0.6 is 22.7 Å². The Morgan fingerprint density at radius 3 is 2.14 bits per heavy atom. The van der Waals surface area contributed by atoms with Crippen molar-refractivity contribution in [3.63, 3.8) is 0 Å². The van der Waals surface area contributed by atoms with Crippen LogP contribution in [0, 0.1) is 0 Å². The first-order chi connectivity index (χ1) is 10.3. The van der Waals surface area contributed by atoms with Crippen LogP contribution in [-0.4, -0.2) is 11.6 Å². The maximum Gasteiger partial charge on any atom is 0.203 e. The first-order valence-electron chi connectivity index (χ1n) is 6.48. The van der Waals surface area contributed by atoms with Crippen molar-refractivity contribution in [3.8, 4) is 0 Å². The fourth-order valence-electron chi connectivity index (χ4n) is 2.13. The van der Waals surface area contributed by atoms with E-state index in [1.807, 2.05) is 53.2 Å². The quantitative estimate of drug-likeness (QED) is 0.652. The predicted molar refractivity (Wildman–Crippen MR) is 86.5 cm³/mol. The minimum Gasteiger partial charge on any atom is -0.293 e. The van der Waals surface area contributed by atoms with Gasteiger partial charge in [-0.2, -0.15) is 0 Å². The van der Waals surface area contributed by atoms with E-state index < -0.39 is 0 Å². The number of thiophene rings is 2. The first-order valence-corrected chi connectivity index (χ1v) is 8.24. The van der Waals surface area contributed by atoms with Gasteiger partial charge in [-0.3, -0.25) is 9.59 Å². The number of rotatable bonds is 5. The van der Waals surface area contributed by atoms with Gasteiger partial charge in [0.25, 0.3) is 0 Å². The average Bonchev–Trinajstić information content (AvgIpc) is 3.20. The van der Waals surface area contributed by atoms with Crippen LogP contribution in [0.15, 0.2) is 59.3 Å². The molecule has 0 unspecified atom stereocenters. The van der Waals surface area contributed by atoms with Crippen LogP contribution in [0.25, 0.3) is 0 Å². The van der Waals surface area contributed by atoms with E-state index >= 15 is 0 Å². The molecule has 2 aromatic heterocycles. The summed E-state index contributed by atoms with van der Waals surface area (Å²) in [6.45, 7) is 0. The zero-order valence-electron chi connectivity index (χ0n) is 11.1. The third-order valence-corrected chi connectivity index (χ3v) is 4.93. The Bertz CT molecular complexity index is 756. The van der Waals surface area contributed by atoms with E-state index in [0.29, 0.717) is 10.4 Å². The van der Waals surface area contributed by atoms with Gasteiger partial charge in [0.05, 0.1) is 9.75 Å². The van der Waals surface area contributed by atoms with Gasteiger partial charge < -0.3 is 0 Å². The lowest BCUT2D eigenvalue weighted by atomic mass is 9.98. The highest BCUT2D eigenvalue weighted by atomic mass is 32.1. The molecule has 0 N–H and O–H groups in total. The minimum absolute atomic E-state index is 0.0143. The fraction of sp³-hybridized carbons (Fsp3) is 0.0588. The van der Waals surface area contributed by atoms with Crippen molar-refractivity contribution in [1.82, 2.24) is 0 Å². The Balaban J connectivity index is 1.90. The van der Waals surface area contributed by atoms with E-state index in [4.69, 9.17) is 0 Å². The summed E-state index contributed by atoms with van der Waals surface area (Å²) in [5, 5.41) is 3.77. The molecule has 0 radical (unpaired) electrons. The topological polar surface area (TPSA) is 34.1 Å². The van der Waals surface area contributed by atoms with Gasteiger partial charge in [0.15, 0.2) is 5.78 Å². The Morgan fingerprint density at radius 1 is 0.810 bits per heavy atom. The second-order valence-corrected chi connectivity index (χ2v) is 6.44. The van der Waals surface area contributed by atoms with Gasteiger partial charge in [0.1, 0.15) is 0 Å². The number of hydrogen-bond acceptors (Lipinski definition) is 4. The standard InChI is InChI=1S/C17H12O2S2/c18-14(15-7-3-9-20-15)11-12-5-1-2-6-13(12)17(19)16-8-4-10-21-16/h1-10H,11H2. The highest BCUT2D eigenvalue weighted by Crippen LogP contribution is 2.20. The smallest absolute Gasteiger partial charge is 0.203 e. The van der Waals surface area contributed by atoms with Crippen LogP contribution in [0.5, 0.6) is 0 Å². The summed E-state index contributed by atoms with van der Waals surface area (Å²) < 4.78 is 0. The van der Waals surface area contributed by atoms with Gasteiger partial charge in [0.2, 0.25) is 5.78 Å². The number of ketones is 2. The largest absolute Gasteiger partial charge is 0.293 e. The van der Waals surface area contributed by atoms with Crippen molar-refractivity contribution >= 4 is 34.2 Å². The lowest BCUT2D eigenvalue weighted by molar-refractivity contribution is 0.0996. The van der Waals surface area contributed by atoms with Crippen LogP contribution in [0.4, 0.5) is 0 Å². The molecule has 0 fully saturated rings. The number of carbonyl (C=O) groups is 2. The van der Waals surface area contributed by atoms with Crippen LogP contribution in [-0.2, 0) is 6.42 Å². The number of carbonyl (C=O) groups excluding carboxylic acids is 2. The van der Waals surface area contributed by atoms with Crippen molar-refractivity contribution in [1.29, 1.82) is 0 Å². The van der Waals surface area contributed by atoms with E-state index in [-0.39, 0.29) is 18.0 Å². The fourth-order valence-corrected chi connectivity index (χ4v) is 3.48. The highest BCUT2D eigenvalue weighted by Gasteiger charge is 2.17. The summed E-state index contributed by atoms with van der Waals surface area (Å²) in [6.07, 6.45) is 0.258. The van der Waals surface area contributed by atoms with Gasteiger partial charge in [-0.1, -0.05) is 36.4 Å². The van der Waals surface area contributed by atoms with Crippen molar-refractivity contribution in [2.24, 2.45) is 0 Å². The van der Waals surface area contributed by atoms with Gasteiger partial charge in [-0.05, 0) is 28.5 Å². The van der Waals surface area contributed by atoms with Gasteiger partial charge in [-0.25, -0.2) is 0 Å². The summed E-state index contributed by atoms with van der Waals surface area (Å²) in [5.41, 5.74) is 1.40. The summed E-state index contributed by atoms with van der Waals surface area (Å²) in [4.78, 5) is 26.2. The second kappa shape index (κ2) is 6.16. The maximum atomic E-state index is 12.5. The first kappa shape index (κ1) is 13.9. The molecule has 0 amide bonds. The van der Waals surface area contributed by atoms with E-state index in [2.05, 4.69) is 0 Å².